The van der Waals surface area contributed by atoms with E-state index in [4.69, 9.17) is 0 Å². The number of hydrogen-bond donors (Lipinski definition) is 0. The quantitative estimate of drug-likeness (QED) is 0.625. The third-order valence-corrected chi connectivity index (χ3v) is 3.43. The normalized spacial score (nSPS) is 19.6. The minimum absolute atomic E-state index is 0. The number of hydrogen-bond acceptors (Lipinski definition) is 1. The summed E-state index contributed by atoms with van der Waals surface area (Å²) in [5, 5.41) is 0. The summed E-state index contributed by atoms with van der Waals surface area (Å²) in [5.41, 5.74) is 0.377. The van der Waals surface area contributed by atoms with Gasteiger partial charge in [0.25, 0.3) is 0 Å². The van der Waals surface area contributed by atoms with E-state index in [1.165, 1.54) is 25.9 Å². The van der Waals surface area contributed by atoms with Gasteiger partial charge in [-0.15, -0.1) is 0 Å². The van der Waals surface area contributed by atoms with E-state index in [1.807, 2.05) is 0 Å². The molecule has 15 heavy (non-hydrogen) atoms. The fraction of sp³-hybridized carbons (Fsp3) is 1.00. The van der Waals surface area contributed by atoms with E-state index in [9.17, 15) is 0 Å². The van der Waals surface area contributed by atoms with Gasteiger partial charge in [0.05, 0.1) is 0 Å². The Kier molecular flexibility index (Phi) is 7.55. The molecule has 0 bridgehead atoms. The largest absolute Gasteiger partial charge is 0.298 e. The number of nitrogens with zero attached hydrogens (tertiary/aromatic N) is 1. The summed E-state index contributed by atoms with van der Waals surface area (Å²) in [6.07, 6.45) is 2.80. The highest BCUT2D eigenvalue weighted by Gasteiger charge is 2.27. The fourth-order valence-electron chi connectivity index (χ4n) is 2.24. The maximum atomic E-state index is 2.62. The van der Waals surface area contributed by atoms with Crippen molar-refractivity contribution in [2.24, 2.45) is 11.8 Å². The Bertz CT molecular complexity index is 147. The molecule has 1 nitrogen and oxygen atoms in total. The number of likely N-dealkylation sites (tertiary alicyclic amines) is 1. The molecule has 0 aliphatic carbocycles. The highest BCUT2D eigenvalue weighted by atomic mass is 15.2. The molecule has 0 spiro atoms. The van der Waals surface area contributed by atoms with Gasteiger partial charge >= 0.3 is 0 Å². The Morgan fingerprint density at radius 2 is 1.40 bits per heavy atom. The molecule has 0 aromatic rings. The predicted molar refractivity (Wildman–Crippen MR) is 72.4 cm³/mol. The molecular formula is C14H33N. The molecule has 1 saturated heterocycles. The first-order valence-corrected chi connectivity index (χ1v) is 5.66. The van der Waals surface area contributed by atoms with E-state index in [0.717, 1.165) is 11.8 Å². The van der Waals surface area contributed by atoms with Crippen LogP contribution in [-0.2, 0) is 0 Å². The van der Waals surface area contributed by atoms with Gasteiger partial charge in [-0.2, -0.15) is 0 Å². The van der Waals surface area contributed by atoms with Gasteiger partial charge in [0.15, 0.2) is 0 Å². The summed E-state index contributed by atoms with van der Waals surface area (Å²) in [5.74, 6) is 1.85. The molecule has 1 heterocycles. The molecule has 0 amide bonds. The number of piperidine rings is 1. The lowest BCUT2D eigenvalue weighted by molar-refractivity contribution is 0.0754. The minimum atomic E-state index is 0. The van der Waals surface area contributed by atoms with Crippen LogP contribution in [0.3, 0.4) is 0 Å². The number of rotatable bonds is 1. The first kappa shape index (κ1) is 17.4. The topological polar surface area (TPSA) is 3.24 Å². The van der Waals surface area contributed by atoms with Crippen molar-refractivity contribution < 1.29 is 0 Å². The predicted octanol–water partition coefficient (Wildman–Crippen LogP) is 4.43. The lowest BCUT2D eigenvalue weighted by atomic mass is 9.85. The maximum absolute atomic E-state index is 2.62. The molecule has 0 saturated carbocycles. The zero-order valence-electron chi connectivity index (χ0n) is 9.93. The molecular weight excluding hydrogens is 182 g/mol. The molecule has 1 heteroatoms. The van der Waals surface area contributed by atoms with Crippen LogP contribution >= 0.6 is 0 Å². The summed E-state index contributed by atoms with van der Waals surface area (Å²) in [6.45, 7) is 14.3. The Hall–Kier alpha value is -0.0400. The highest BCUT2D eigenvalue weighted by molar-refractivity contribution is 4.82. The molecule has 1 fully saturated rings. The first-order valence-electron chi connectivity index (χ1n) is 5.66. The average Bonchev–Trinajstić information content (AvgIpc) is 2.03. The van der Waals surface area contributed by atoms with Crippen LogP contribution in [0.5, 0.6) is 0 Å². The molecule has 1 rings (SSSR count). The van der Waals surface area contributed by atoms with Gasteiger partial charge in [-0.25, -0.2) is 0 Å². The Balaban J connectivity index is 0. The van der Waals surface area contributed by atoms with Crippen molar-refractivity contribution in [1.82, 2.24) is 4.90 Å². The van der Waals surface area contributed by atoms with Crippen LogP contribution in [0.15, 0.2) is 0 Å². The van der Waals surface area contributed by atoms with E-state index in [-0.39, 0.29) is 14.9 Å². The van der Waals surface area contributed by atoms with Crippen LogP contribution in [0.25, 0.3) is 0 Å². The smallest absolute Gasteiger partial charge is 0.0125 e. The van der Waals surface area contributed by atoms with Crippen LogP contribution in [0.2, 0.25) is 0 Å². The van der Waals surface area contributed by atoms with Gasteiger partial charge in [-0.3, -0.25) is 4.90 Å². The monoisotopic (exact) mass is 215 g/mol. The molecule has 0 unspecified atom stereocenters. The Morgan fingerprint density at radius 1 is 1.00 bits per heavy atom. The second-order valence-corrected chi connectivity index (χ2v) is 5.74. The van der Waals surface area contributed by atoms with Crippen molar-refractivity contribution in [3.63, 3.8) is 0 Å². The van der Waals surface area contributed by atoms with Gasteiger partial charge in [-0.1, -0.05) is 28.7 Å². The van der Waals surface area contributed by atoms with Gasteiger partial charge in [0, 0.05) is 5.54 Å². The van der Waals surface area contributed by atoms with Crippen molar-refractivity contribution in [3.05, 3.63) is 0 Å². The van der Waals surface area contributed by atoms with Crippen LogP contribution in [-0.4, -0.2) is 23.5 Å². The van der Waals surface area contributed by atoms with E-state index >= 15 is 0 Å². The summed E-state index contributed by atoms with van der Waals surface area (Å²) >= 11 is 0. The van der Waals surface area contributed by atoms with Crippen molar-refractivity contribution in [2.75, 3.05) is 13.1 Å². The van der Waals surface area contributed by atoms with Crippen LogP contribution in [0.4, 0.5) is 0 Å². The molecule has 0 N–H and O–H groups in total. The first-order chi connectivity index (χ1) is 5.91. The Labute approximate surface area is 98.2 Å². The van der Waals surface area contributed by atoms with Gasteiger partial charge in [-0.05, 0) is 58.5 Å². The lowest BCUT2D eigenvalue weighted by Crippen LogP contribution is -2.46. The summed E-state index contributed by atoms with van der Waals surface area (Å²) in [7, 11) is 0. The summed E-state index contributed by atoms with van der Waals surface area (Å²) in [6, 6.07) is 0. The molecule has 0 atom stereocenters. The molecule has 0 aromatic heterocycles. The standard InChI is InChI=1S/C12H25N.2CH4/c1-10(2)11-6-8-13(9-7-11)12(3,4)5;;/h10-11H,6-9H2,1-5H3;2*1H4. The molecule has 1 aliphatic rings. The third kappa shape index (κ3) is 5.01. The lowest BCUT2D eigenvalue weighted by Gasteiger charge is -2.41. The van der Waals surface area contributed by atoms with Crippen molar-refractivity contribution >= 4 is 0 Å². The second kappa shape index (κ2) is 6.52. The van der Waals surface area contributed by atoms with Gasteiger partial charge < -0.3 is 0 Å². The van der Waals surface area contributed by atoms with E-state index in [2.05, 4.69) is 39.5 Å². The van der Waals surface area contributed by atoms with Crippen LogP contribution in [0.1, 0.15) is 62.3 Å². The van der Waals surface area contributed by atoms with Gasteiger partial charge in [0.2, 0.25) is 0 Å². The van der Waals surface area contributed by atoms with E-state index in [0.29, 0.717) is 5.54 Å². The zero-order chi connectivity index (χ0) is 10.1. The molecule has 0 aromatic carbocycles. The van der Waals surface area contributed by atoms with Crippen LogP contribution in [0, 0.1) is 11.8 Å². The highest BCUT2D eigenvalue weighted by Crippen LogP contribution is 2.27. The average molecular weight is 215 g/mol. The second-order valence-electron chi connectivity index (χ2n) is 5.74. The minimum Gasteiger partial charge on any atom is -0.298 e. The Morgan fingerprint density at radius 3 is 1.67 bits per heavy atom. The fourth-order valence-corrected chi connectivity index (χ4v) is 2.24. The SMILES string of the molecule is C.C.CC(C)C1CCN(C(C)(C)C)CC1. The van der Waals surface area contributed by atoms with E-state index < -0.39 is 0 Å². The summed E-state index contributed by atoms with van der Waals surface area (Å²) in [4.78, 5) is 2.62. The molecule has 94 valence electrons. The molecule has 0 radical (unpaired) electrons. The van der Waals surface area contributed by atoms with Crippen molar-refractivity contribution in [1.29, 1.82) is 0 Å². The maximum Gasteiger partial charge on any atom is 0.0125 e. The zero-order valence-corrected chi connectivity index (χ0v) is 9.93. The third-order valence-electron chi connectivity index (χ3n) is 3.43. The molecule has 1 aliphatic heterocycles. The van der Waals surface area contributed by atoms with Gasteiger partial charge in [0.1, 0.15) is 0 Å². The van der Waals surface area contributed by atoms with Crippen LogP contribution < -0.4 is 0 Å². The van der Waals surface area contributed by atoms with Crippen molar-refractivity contribution in [2.45, 2.75) is 67.9 Å². The van der Waals surface area contributed by atoms with E-state index in [1.54, 1.807) is 0 Å². The summed E-state index contributed by atoms with van der Waals surface area (Å²) < 4.78 is 0. The van der Waals surface area contributed by atoms with Crippen molar-refractivity contribution in [3.8, 4) is 0 Å².